The van der Waals surface area contributed by atoms with Gasteiger partial charge in [-0.15, -0.1) is 0 Å². The van der Waals surface area contributed by atoms with Crippen LogP contribution in [0.25, 0.3) is 0 Å². The Balaban J connectivity index is 2.42. The fraction of sp³-hybridized carbons (Fsp3) is 1.00. The van der Waals surface area contributed by atoms with Crippen LogP contribution < -0.4 is 5.32 Å². The van der Waals surface area contributed by atoms with Crippen LogP contribution in [0.3, 0.4) is 0 Å². The van der Waals surface area contributed by atoms with Gasteiger partial charge in [-0.05, 0) is 14.0 Å². The minimum absolute atomic E-state index is 0.0405. The van der Waals surface area contributed by atoms with Crippen LogP contribution in [0.5, 0.6) is 0 Å². The molecule has 1 N–H and O–H groups in total. The lowest BCUT2D eigenvalue weighted by Crippen LogP contribution is -2.56. The van der Waals surface area contributed by atoms with Crippen molar-refractivity contribution in [1.82, 2.24) is 10.2 Å². The van der Waals surface area contributed by atoms with Crippen LogP contribution in [-0.4, -0.2) is 43.8 Å². The maximum Gasteiger partial charge on any atom is 0.106 e. The maximum atomic E-state index is 12.2. The van der Waals surface area contributed by atoms with E-state index in [-0.39, 0.29) is 12.7 Å². The fourth-order valence-corrected chi connectivity index (χ4v) is 1.29. The highest BCUT2D eigenvalue weighted by Gasteiger charge is 2.24. The maximum absolute atomic E-state index is 12.2. The van der Waals surface area contributed by atoms with Gasteiger partial charge in [-0.3, -0.25) is 0 Å². The molecule has 0 aromatic rings. The molecule has 2 unspecified atom stereocenters. The van der Waals surface area contributed by atoms with Crippen molar-refractivity contribution in [2.45, 2.75) is 19.0 Å². The van der Waals surface area contributed by atoms with E-state index in [9.17, 15) is 4.39 Å². The van der Waals surface area contributed by atoms with Gasteiger partial charge in [0, 0.05) is 19.1 Å². The van der Waals surface area contributed by atoms with Crippen molar-refractivity contribution in [2.75, 3.05) is 26.8 Å². The smallest absolute Gasteiger partial charge is 0.106 e. The monoisotopic (exact) mass is 146 g/mol. The number of nitrogens with zero attached hydrogens (tertiary/aromatic N) is 1. The van der Waals surface area contributed by atoms with Crippen LogP contribution >= 0.6 is 0 Å². The van der Waals surface area contributed by atoms with E-state index in [1.165, 1.54) is 0 Å². The van der Waals surface area contributed by atoms with E-state index in [0.29, 0.717) is 6.04 Å². The summed E-state index contributed by atoms with van der Waals surface area (Å²) >= 11 is 0. The van der Waals surface area contributed by atoms with Gasteiger partial charge in [0.2, 0.25) is 0 Å². The van der Waals surface area contributed by atoms with Crippen molar-refractivity contribution in [3.63, 3.8) is 0 Å². The molecule has 10 heavy (non-hydrogen) atoms. The number of likely N-dealkylation sites (N-methyl/N-ethyl adjacent to an activating group) is 1. The molecule has 1 aliphatic heterocycles. The van der Waals surface area contributed by atoms with Gasteiger partial charge in [-0.2, -0.15) is 0 Å². The Hall–Kier alpha value is -0.150. The van der Waals surface area contributed by atoms with Crippen LogP contribution in [0.1, 0.15) is 6.92 Å². The molecule has 0 bridgehead atoms. The molecule has 0 saturated carbocycles. The van der Waals surface area contributed by atoms with E-state index in [4.69, 9.17) is 0 Å². The Bertz CT molecular complexity index is 108. The molecule has 1 rings (SSSR count). The zero-order valence-corrected chi connectivity index (χ0v) is 6.60. The Kier molecular flexibility index (Phi) is 2.63. The summed E-state index contributed by atoms with van der Waals surface area (Å²) in [5.74, 6) is 0. The normalized spacial score (nSPS) is 36.3. The lowest BCUT2D eigenvalue weighted by molar-refractivity contribution is 0.145. The van der Waals surface area contributed by atoms with Gasteiger partial charge in [0.15, 0.2) is 0 Å². The molecule has 2 nitrogen and oxygen atoms in total. The van der Waals surface area contributed by atoms with Crippen LogP contribution in [-0.2, 0) is 0 Å². The number of piperazine rings is 1. The second kappa shape index (κ2) is 3.30. The first-order valence-electron chi connectivity index (χ1n) is 3.75. The first-order chi connectivity index (χ1) is 4.75. The lowest BCUT2D eigenvalue weighted by Gasteiger charge is -2.36. The Morgan fingerprint density at radius 3 is 2.90 bits per heavy atom. The van der Waals surface area contributed by atoms with Crippen molar-refractivity contribution < 1.29 is 4.39 Å². The molecule has 0 amide bonds. The minimum atomic E-state index is -0.258. The van der Waals surface area contributed by atoms with Crippen LogP contribution in [0.2, 0.25) is 0 Å². The standard InChI is InChI=1S/C7H15FN2/c1-6-7(5-8)9-3-4-10(6)2/h6-7,9H,3-5H2,1-2H3. The van der Waals surface area contributed by atoms with Gasteiger partial charge >= 0.3 is 0 Å². The summed E-state index contributed by atoms with van der Waals surface area (Å²) in [6, 6.07) is 0.373. The Morgan fingerprint density at radius 2 is 2.40 bits per heavy atom. The molecule has 3 heteroatoms. The number of halogens is 1. The van der Waals surface area contributed by atoms with E-state index < -0.39 is 0 Å². The molecule has 0 radical (unpaired) electrons. The average Bonchev–Trinajstić information content (AvgIpc) is 1.95. The lowest BCUT2D eigenvalue weighted by atomic mass is 10.1. The quantitative estimate of drug-likeness (QED) is 0.570. The number of rotatable bonds is 1. The summed E-state index contributed by atoms with van der Waals surface area (Å²) in [6.07, 6.45) is 0. The van der Waals surface area contributed by atoms with Crippen molar-refractivity contribution in [3.05, 3.63) is 0 Å². The first kappa shape index (κ1) is 7.95. The SMILES string of the molecule is CC1C(CF)NCCN1C. The van der Waals surface area contributed by atoms with Crippen LogP contribution in [0.4, 0.5) is 4.39 Å². The number of hydrogen-bond acceptors (Lipinski definition) is 2. The minimum Gasteiger partial charge on any atom is -0.309 e. The van der Waals surface area contributed by atoms with E-state index >= 15 is 0 Å². The van der Waals surface area contributed by atoms with Crippen molar-refractivity contribution in [3.8, 4) is 0 Å². The molecule has 0 aromatic carbocycles. The zero-order chi connectivity index (χ0) is 7.56. The van der Waals surface area contributed by atoms with Crippen molar-refractivity contribution in [2.24, 2.45) is 0 Å². The molecule has 1 heterocycles. The molecule has 60 valence electrons. The third-order valence-corrected chi connectivity index (χ3v) is 2.31. The second-order valence-corrected chi connectivity index (χ2v) is 2.94. The molecule has 2 atom stereocenters. The van der Waals surface area contributed by atoms with Crippen molar-refractivity contribution >= 4 is 0 Å². The van der Waals surface area contributed by atoms with Gasteiger partial charge in [0.05, 0.1) is 6.04 Å². The van der Waals surface area contributed by atoms with Gasteiger partial charge in [-0.25, -0.2) is 4.39 Å². The van der Waals surface area contributed by atoms with E-state index in [1.54, 1.807) is 0 Å². The first-order valence-corrected chi connectivity index (χ1v) is 3.75. The second-order valence-electron chi connectivity index (χ2n) is 2.94. The molecular formula is C7H15FN2. The molecule has 0 spiro atoms. The predicted octanol–water partition coefficient (Wildman–Crippen LogP) is 0.248. The number of hydrogen-bond donors (Lipinski definition) is 1. The molecular weight excluding hydrogens is 131 g/mol. The molecule has 0 aromatic heterocycles. The molecule has 1 fully saturated rings. The van der Waals surface area contributed by atoms with Gasteiger partial charge in [-0.1, -0.05) is 0 Å². The molecule has 1 aliphatic rings. The zero-order valence-electron chi connectivity index (χ0n) is 6.60. The summed E-state index contributed by atoms with van der Waals surface area (Å²) in [4.78, 5) is 2.18. The molecule has 0 aliphatic carbocycles. The predicted molar refractivity (Wildman–Crippen MR) is 39.9 cm³/mol. The van der Waals surface area contributed by atoms with Gasteiger partial charge in [0.1, 0.15) is 6.67 Å². The Labute approximate surface area is 61.4 Å². The third kappa shape index (κ3) is 1.47. The summed E-state index contributed by atoms with van der Waals surface area (Å²) in [5.41, 5.74) is 0. The Morgan fingerprint density at radius 1 is 1.70 bits per heavy atom. The summed E-state index contributed by atoms with van der Waals surface area (Å²) < 4.78 is 12.2. The highest BCUT2D eigenvalue weighted by Crippen LogP contribution is 2.06. The van der Waals surface area contributed by atoms with E-state index in [1.807, 2.05) is 7.05 Å². The highest BCUT2D eigenvalue weighted by atomic mass is 19.1. The summed E-state index contributed by atoms with van der Waals surface area (Å²) in [6.45, 7) is 3.73. The average molecular weight is 146 g/mol. The largest absolute Gasteiger partial charge is 0.309 e. The molecule has 1 saturated heterocycles. The topological polar surface area (TPSA) is 15.3 Å². The third-order valence-electron chi connectivity index (χ3n) is 2.31. The highest BCUT2D eigenvalue weighted by molar-refractivity contribution is 4.83. The number of alkyl halides is 1. The summed E-state index contributed by atoms with van der Waals surface area (Å²) in [7, 11) is 2.04. The van der Waals surface area contributed by atoms with E-state index in [2.05, 4.69) is 17.1 Å². The van der Waals surface area contributed by atoms with Crippen LogP contribution in [0.15, 0.2) is 0 Å². The summed E-state index contributed by atoms with van der Waals surface area (Å²) in [5, 5.41) is 3.13. The number of nitrogens with one attached hydrogen (secondary N) is 1. The van der Waals surface area contributed by atoms with Crippen LogP contribution in [0, 0.1) is 0 Å². The fourth-order valence-electron chi connectivity index (χ4n) is 1.29. The van der Waals surface area contributed by atoms with Gasteiger partial charge in [0.25, 0.3) is 0 Å². The van der Waals surface area contributed by atoms with E-state index in [0.717, 1.165) is 13.1 Å². The van der Waals surface area contributed by atoms with Crippen molar-refractivity contribution in [1.29, 1.82) is 0 Å². The van der Waals surface area contributed by atoms with Gasteiger partial charge < -0.3 is 10.2 Å².